The Hall–Kier alpha value is -6.76. The summed E-state index contributed by atoms with van der Waals surface area (Å²) in [5.41, 5.74) is 8.49. The SMILES string of the molecule is Cc1ncsc1-c1ccc([C@H](C)NC(=O)[C@@H]2CCCN2C(=O)[C@H](c2cc(N3CCC(CC4(F)CCN(CCOc5nc(N6CC7CCC(C6)N7)c6cnc7c(c6n5)C(C)c5cccc6cc(O)cc-7c56)CC4)CC3)no2)C(C)C)cc1. The number of phenols is 1. The van der Waals surface area contributed by atoms with Gasteiger partial charge in [-0.25, -0.2) is 9.37 Å². The van der Waals surface area contributed by atoms with Gasteiger partial charge in [0.05, 0.1) is 38.7 Å². The number of anilines is 2. The van der Waals surface area contributed by atoms with Crippen molar-refractivity contribution in [2.75, 3.05) is 68.8 Å². The number of benzene rings is 3. The molecular weight excluding hydrogens is 1040 g/mol. The van der Waals surface area contributed by atoms with Gasteiger partial charge >= 0.3 is 6.01 Å². The smallest absolute Gasteiger partial charge is 0.319 e. The van der Waals surface area contributed by atoms with Gasteiger partial charge in [0.1, 0.15) is 35.8 Å². The molecule has 0 saturated carbocycles. The molecule has 3 unspecified atom stereocenters. The van der Waals surface area contributed by atoms with Crippen LogP contribution >= 0.6 is 11.3 Å². The molecule has 0 radical (unpaired) electrons. The molecule has 0 spiro atoms. The molecule has 7 aromatic rings. The highest BCUT2D eigenvalue weighted by atomic mass is 32.1. The molecular formula is C63H74FN11O5S. The van der Waals surface area contributed by atoms with Gasteiger partial charge in [-0.15, -0.1) is 11.3 Å². The Labute approximate surface area is 476 Å². The number of nitrogens with one attached hydrogen (secondary N) is 2. The Kier molecular flexibility index (Phi) is 14.4. The molecule has 4 aromatic heterocycles. The minimum Gasteiger partial charge on any atom is -0.508 e. The summed E-state index contributed by atoms with van der Waals surface area (Å²) in [7, 11) is 0. The summed E-state index contributed by atoms with van der Waals surface area (Å²) in [6, 6.07) is 20.4. The zero-order valence-electron chi connectivity index (χ0n) is 47.2. The maximum Gasteiger partial charge on any atom is 0.319 e. The van der Waals surface area contributed by atoms with E-state index in [9.17, 15) is 14.7 Å². The number of halogens is 1. The number of thiazole rings is 1. The predicted octanol–water partition coefficient (Wildman–Crippen LogP) is 10.5. The van der Waals surface area contributed by atoms with Crippen molar-refractivity contribution in [3.05, 3.63) is 101 Å². The van der Waals surface area contributed by atoms with Crippen LogP contribution in [0.2, 0.25) is 0 Å². The van der Waals surface area contributed by atoms with E-state index >= 15 is 4.39 Å². The Morgan fingerprint density at radius 3 is 2.46 bits per heavy atom. The summed E-state index contributed by atoms with van der Waals surface area (Å²) < 4.78 is 29.3. The van der Waals surface area contributed by atoms with Gasteiger partial charge in [-0.2, -0.15) is 9.97 Å². The lowest BCUT2D eigenvalue weighted by Crippen LogP contribution is -2.51. The van der Waals surface area contributed by atoms with Crippen molar-refractivity contribution in [2.45, 2.75) is 134 Å². The standard InChI is InChI=1S/C63H74FN11O5S/c1-36(2)53(61(78)75-21-7-10-50(75)60(77)67-38(4)41-11-13-42(14-12-41)58-39(5)66-35-81-58)51-30-52(71-80-51)73-22-17-40(18-23-73)31-63(64)19-24-72(25-20-63)26-27-79-62-69-57-49(59(70-62)74-33-44-15-16-45(34-74)68-44)32-65-56-48-29-46(76)28-43-8-6-9-47(55(43)48)37(3)54(56)57/h6,8-9,11-14,28-30,32,35-38,40,44-45,50,53,68,76H,7,10,15-27,31,33-34H2,1-5H3,(H,67,77)/t37?,38-,44?,45?,50-,53-/m0/s1. The molecule has 2 amide bonds. The van der Waals surface area contributed by atoms with Crippen LogP contribution in [0.1, 0.15) is 132 Å². The van der Waals surface area contributed by atoms with Crippen LogP contribution in [0.3, 0.4) is 0 Å². The molecule has 6 atom stereocenters. The van der Waals surface area contributed by atoms with E-state index < -0.39 is 17.6 Å². The molecule has 13 rings (SSSR count). The number of hydrogen-bond donors (Lipinski definition) is 3. The first-order valence-corrected chi connectivity index (χ1v) is 30.5. The van der Waals surface area contributed by atoms with Crippen LogP contribution in [0, 0.1) is 18.8 Å². The van der Waals surface area contributed by atoms with Crippen molar-refractivity contribution in [3.63, 3.8) is 0 Å². The van der Waals surface area contributed by atoms with E-state index in [1.807, 2.05) is 75.8 Å². The van der Waals surface area contributed by atoms with E-state index in [2.05, 4.69) is 66.7 Å². The fraction of sp³-hybridized carbons (Fsp3) is 0.508. The summed E-state index contributed by atoms with van der Waals surface area (Å²) in [5.74, 6) is 1.59. The normalized spacial score (nSPS) is 22.6. The molecule has 5 fully saturated rings. The highest BCUT2D eigenvalue weighted by molar-refractivity contribution is 7.13. The number of hydrogen-bond acceptors (Lipinski definition) is 15. The number of ether oxygens (including phenoxy) is 1. The van der Waals surface area contributed by atoms with E-state index in [0.717, 1.165) is 124 Å². The summed E-state index contributed by atoms with van der Waals surface area (Å²) in [5, 5.41) is 25.3. The number of phenolic OH excluding ortho intramolecular Hbond substituents is 1. The van der Waals surface area contributed by atoms with Crippen molar-refractivity contribution in [1.29, 1.82) is 0 Å². The zero-order chi connectivity index (χ0) is 55.7. The van der Waals surface area contributed by atoms with Gasteiger partial charge in [-0.05, 0) is 123 Å². The maximum atomic E-state index is 16.8. The number of fused-ring (bicyclic) bond motifs is 6. The first-order valence-electron chi connectivity index (χ1n) is 29.6. The van der Waals surface area contributed by atoms with Crippen LogP contribution in [-0.2, 0) is 9.59 Å². The Balaban J connectivity index is 0.608. The average Bonchev–Trinajstić information content (AvgIpc) is 4.43. The summed E-state index contributed by atoms with van der Waals surface area (Å²) in [6.07, 6.45) is 8.76. The molecule has 424 valence electrons. The van der Waals surface area contributed by atoms with Crippen LogP contribution < -0.4 is 25.2 Å². The van der Waals surface area contributed by atoms with Gasteiger partial charge < -0.3 is 39.7 Å². The summed E-state index contributed by atoms with van der Waals surface area (Å²) in [6.45, 7) is 16.2. The number of alkyl halides is 1. The molecule has 81 heavy (non-hydrogen) atoms. The van der Waals surface area contributed by atoms with Crippen LogP contribution in [-0.4, -0.2) is 135 Å². The van der Waals surface area contributed by atoms with Crippen molar-refractivity contribution >= 4 is 56.5 Å². The number of aryl methyl sites for hydroxylation is 1. The number of aromatic nitrogens is 5. The topological polar surface area (TPSA) is 178 Å². The van der Waals surface area contributed by atoms with Gasteiger partial charge in [0, 0.05) is 93.7 Å². The Bertz CT molecular complexity index is 3470. The Morgan fingerprint density at radius 2 is 1.72 bits per heavy atom. The van der Waals surface area contributed by atoms with E-state index in [-0.39, 0.29) is 41.4 Å². The van der Waals surface area contributed by atoms with Gasteiger partial charge in [0.15, 0.2) is 11.6 Å². The lowest BCUT2D eigenvalue weighted by molar-refractivity contribution is -0.141. The van der Waals surface area contributed by atoms with Gasteiger partial charge in [0.25, 0.3) is 0 Å². The average molecular weight is 1120 g/mol. The van der Waals surface area contributed by atoms with Crippen molar-refractivity contribution in [3.8, 4) is 33.5 Å². The number of carbonyl (C=O) groups excluding carboxylic acids is 2. The lowest BCUT2D eigenvalue weighted by Gasteiger charge is -2.40. The number of pyridine rings is 1. The van der Waals surface area contributed by atoms with Crippen molar-refractivity contribution in [2.24, 2.45) is 11.8 Å². The van der Waals surface area contributed by atoms with E-state index in [1.165, 1.54) is 5.56 Å². The number of rotatable bonds is 15. The third-order valence-electron chi connectivity index (χ3n) is 18.8. The number of carbonyl (C=O) groups is 2. The number of piperazine rings is 1. The van der Waals surface area contributed by atoms with E-state index in [0.29, 0.717) is 88.1 Å². The second-order valence-electron chi connectivity index (χ2n) is 24.4. The first kappa shape index (κ1) is 53.5. The molecule has 18 heteroatoms. The highest BCUT2D eigenvalue weighted by Crippen LogP contribution is 2.49. The van der Waals surface area contributed by atoms with Gasteiger partial charge in [-0.3, -0.25) is 19.5 Å². The first-order chi connectivity index (χ1) is 39.2. The third kappa shape index (κ3) is 10.4. The van der Waals surface area contributed by atoms with Gasteiger partial charge in [0.2, 0.25) is 11.8 Å². The lowest BCUT2D eigenvalue weighted by atomic mass is 9.79. The highest BCUT2D eigenvalue weighted by Gasteiger charge is 2.42. The Morgan fingerprint density at radius 1 is 0.938 bits per heavy atom. The van der Waals surface area contributed by atoms with Crippen LogP contribution in [0.4, 0.5) is 16.0 Å². The zero-order valence-corrected chi connectivity index (χ0v) is 48.0. The molecule has 16 nitrogen and oxygen atoms in total. The van der Waals surface area contributed by atoms with Crippen molar-refractivity contribution in [1.82, 2.24) is 45.5 Å². The number of nitrogens with zero attached hydrogens (tertiary/aromatic N) is 9. The molecule has 5 aliphatic heterocycles. The largest absolute Gasteiger partial charge is 0.508 e. The van der Waals surface area contributed by atoms with Crippen molar-refractivity contribution < 1.29 is 28.3 Å². The second-order valence-corrected chi connectivity index (χ2v) is 25.3. The fourth-order valence-corrected chi connectivity index (χ4v) is 15.1. The fourth-order valence-electron chi connectivity index (χ4n) is 14.3. The molecule has 9 heterocycles. The molecule has 2 bridgehead atoms. The number of amides is 2. The monoisotopic (exact) mass is 1120 g/mol. The number of piperidine rings is 2. The maximum absolute atomic E-state index is 16.8. The van der Waals surface area contributed by atoms with Gasteiger partial charge in [-0.1, -0.05) is 68.4 Å². The second kappa shape index (κ2) is 21.9. The predicted molar refractivity (Wildman–Crippen MR) is 314 cm³/mol. The quantitative estimate of drug-likeness (QED) is 0.0883. The molecule has 3 N–H and O–H groups in total. The van der Waals surface area contributed by atoms with E-state index in [4.69, 9.17) is 24.2 Å². The van der Waals surface area contributed by atoms with Crippen LogP contribution in [0.25, 0.3) is 43.4 Å². The number of likely N-dealkylation sites (tertiary alicyclic amines) is 2. The molecule has 6 aliphatic rings. The summed E-state index contributed by atoms with van der Waals surface area (Å²) >= 11 is 1.61. The number of aromatic hydroxyl groups is 1. The van der Waals surface area contributed by atoms with Crippen LogP contribution in [0.5, 0.6) is 11.8 Å². The minimum atomic E-state index is -1.23. The van der Waals surface area contributed by atoms with E-state index in [1.54, 1.807) is 16.2 Å². The third-order valence-corrected chi connectivity index (χ3v) is 19.7. The summed E-state index contributed by atoms with van der Waals surface area (Å²) in [4.78, 5) is 57.8. The molecule has 5 saturated heterocycles. The molecule has 3 aromatic carbocycles. The molecule has 1 aliphatic carbocycles. The minimum absolute atomic E-state index is 0.000130. The van der Waals surface area contributed by atoms with Crippen LogP contribution in [0.15, 0.2) is 76.9 Å².